The van der Waals surface area contributed by atoms with Crippen molar-refractivity contribution in [1.82, 2.24) is 0 Å². The van der Waals surface area contributed by atoms with E-state index >= 15 is 0 Å². The Morgan fingerprint density at radius 2 is 2.14 bits per heavy atom. The van der Waals surface area contributed by atoms with Crippen LogP contribution in [0, 0.1) is 0 Å². The number of para-hydroxylation sites is 1. The minimum atomic E-state index is -0.00512. The van der Waals surface area contributed by atoms with Crippen molar-refractivity contribution in [2.24, 2.45) is 4.99 Å². The van der Waals surface area contributed by atoms with Gasteiger partial charge >= 0.3 is 0 Å². The first kappa shape index (κ1) is 10.8. The van der Waals surface area contributed by atoms with Crippen molar-refractivity contribution in [3.63, 3.8) is 0 Å². The van der Waals surface area contributed by atoms with Crippen LogP contribution in [-0.4, -0.2) is 23.1 Å². The number of hydrogen-bond acceptors (Lipinski definition) is 3. The Hall–Kier alpha value is -1.26. The number of rotatable bonds is 4. The van der Waals surface area contributed by atoms with Gasteiger partial charge in [-0.25, -0.2) is 4.99 Å². The monoisotopic (exact) mass is 209 g/mol. The summed E-state index contributed by atoms with van der Waals surface area (Å²) < 4.78 is 5.39. The normalized spacial score (nSPS) is 11.1. The maximum absolute atomic E-state index is 8.73. The van der Waals surface area contributed by atoms with Gasteiger partial charge in [-0.3, -0.25) is 0 Å². The molecule has 1 aromatic carbocycles. The van der Waals surface area contributed by atoms with E-state index in [0.717, 1.165) is 0 Å². The van der Waals surface area contributed by atoms with Crippen molar-refractivity contribution in [2.75, 3.05) is 6.61 Å². The maximum atomic E-state index is 8.73. The van der Waals surface area contributed by atoms with E-state index in [9.17, 15) is 0 Å². The predicted molar refractivity (Wildman–Crippen MR) is 59.9 cm³/mol. The molecule has 0 aliphatic heterocycles. The van der Waals surface area contributed by atoms with Crippen molar-refractivity contribution < 1.29 is 9.84 Å². The van der Waals surface area contributed by atoms with Gasteiger partial charge in [-0.1, -0.05) is 30.4 Å². The summed E-state index contributed by atoms with van der Waals surface area (Å²) in [6.07, 6.45) is 0.363. The van der Waals surface area contributed by atoms with Crippen LogP contribution in [0.25, 0.3) is 0 Å². The van der Waals surface area contributed by atoms with Crippen LogP contribution in [0.2, 0.25) is 0 Å². The molecular formula is C10H11NO2S. The van der Waals surface area contributed by atoms with Crippen molar-refractivity contribution >= 4 is 23.6 Å². The average molecular weight is 209 g/mol. The zero-order valence-electron chi connectivity index (χ0n) is 7.59. The summed E-state index contributed by atoms with van der Waals surface area (Å²) in [6, 6.07) is 9.26. The van der Waals surface area contributed by atoms with Gasteiger partial charge < -0.3 is 9.84 Å². The van der Waals surface area contributed by atoms with Gasteiger partial charge in [0, 0.05) is 6.42 Å². The maximum Gasteiger partial charge on any atom is 0.197 e. The van der Waals surface area contributed by atoms with Gasteiger partial charge in [-0.05, 0) is 12.1 Å². The van der Waals surface area contributed by atoms with Gasteiger partial charge in [0.2, 0.25) is 0 Å². The van der Waals surface area contributed by atoms with Crippen LogP contribution in [0.15, 0.2) is 35.3 Å². The molecule has 0 saturated heterocycles. The molecular weight excluding hydrogens is 198 g/mol. The van der Waals surface area contributed by atoms with Crippen molar-refractivity contribution in [2.45, 2.75) is 6.42 Å². The molecule has 0 heterocycles. The summed E-state index contributed by atoms with van der Waals surface area (Å²) in [5.41, 5.74) is 1.23. The Bertz CT molecular complexity index is 311. The summed E-state index contributed by atoms with van der Waals surface area (Å²) in [5, 5.41) is 8.73. The largest absolute Gasteiger partial charge is 0.443 e. The molecule has 0 amide bonds. The van der Waals surface area contributed by atoms with Crippen LogP contribution in [0.5, 0.6) is 5.75 Å². The SMILES string of the molecule is OCCC(=NC=S)Oc1ccccc1. The Morgan fingerprint density at radius 3 is 2.71 bits per heavy atom. The molecule has 14 heavy (non-hydrogen) atoms. The highest BCUT2D eigenvalue weighted by molar-refractivity contribution is 7.78. The number of aliphatic hydroxyl groups excluding tert-OH is 1. The Kier molecular flexibility index (Phi) is 4.82. The van der Waals surface area contributed by atoms with Crippen molar-refractivity contribution in [1.29, 1.82) is 0 Å². The first-order chi connectivity index (χ1) is 6.86. The fourth-order valence-electron chi connectivity index (χ4n) is 0.921. The molecule has 0 unspecified atom stereocenters. The number of benzene rings is 1. The van der Waals surface area contributed by atoms with Gasteiger partial charge in [0.15, 0.2) is 5.90 Å². The topological polar surface area (TPSA) is 41.8 Å². The predicted octanol–water partition coefficient (Wildman–Crippen LogP) is 1.80. The molecule has 0 radical (unpaired) electrons. The lowest BCUT2D eigenvalue weighted by atomic mass is 10.3. The fourth-order valence-corrected chi connectivity index (χ4v) is 1.04. The molecule has 0 atom stereocenters. The summed E-state index contributed by atoms with van der Waals surface area (Å²) >= 11 is 4.58. The zero-order chi connectivity index (χ0) is 10.2. The highest BCUT2D eigenvalue weighted by Crippen LogP contribution is 2.09. The summed E-state index contributed by atoms with van der Waals surface area (Å²) in [6.45, 7) is -0.00512. The molecule has 0 aliphatic carbocycles. The first-order valence-electron chi connectivity index (χ1n) is 4.21. The Labute approximate surface area is 88.1 Å². The molecule has 0 bridgehead atoms. The van der Waals surface area contributed by atoms with Crippen LogP contribution in [-0.2, 0) is 0 Å². The third-order valence-electron chi connectivity index (χ3n) is 1.50. The molecule has 0 spiro atoms. The lowest BCUT2D eigenvalue weighted by Crippen LogP contribution is -2.10. The number of thiocarbonyl (C=S) groups is 1. The van der Waals surface area contributed by atoms with Gasteiger partial charge in [0.05, 0.1) is 12.1 Å². The smallest absolute Gasteiger partial charge is 0.197 e. The summed E-state index contributed by atoms with van der Waals surface area (Å²) in [7, 11) is 0. The van der Waals surface area contributed by atoms with Crippen LogP contribution in [0.4, 0.5) is 0 Å². The lowest BCUT2D eigenvalue weighted by Gasteiger charge is -2.05. The van der Waals surface area contributed by atoms with Crippen LogP contribution < -0.4 is 4.74 Å². The van der Waals surface area contributed by atoms with E-state index in [1.165, 1.54) is 5.49 Å². The van der Waals surface area contributed by atoms with E-state index in [-0.39, 0.29) is 6.61 Å². The van der Waals surface area contributed by atoms with E-state index in [1.54, 1.807) is 0 Å². The lowest BCUT2D eigenvalue weighted by molar-refractivity contribution is 0.300. The Balaban J connectivity index is 2.65. The highest BCUT2D eigenvalue weighted by Gasteiger charge is 2.00. The zero-order valence-corrected chi connectivity index (χ0v) is 8.41. The van der Waals surface area contributed by atoms with Gasteiger partial charge in [-0.2, -0.15) is 0 Å². The average Bonchev–Trinajstić information content (AvgIpc) is 2.20. The van der Waals surface area contributed by atoms with E-state index in [1.807, 2.05) is 30.3 Å². The molecule has 1 rings (SSSR count). The first-order valence-corrected chi connectivity index (χ1v) is 4.68. The minimum Gasteiger partial charge on any atom is -0.443 e. The number of hydrogen-bond donors (Lipinski definition) is 1. The molecule has 1 N–H and O–H groups in total. The molecule has 1 aromatic rings. The molecule has 0 saturated carbocycles. The molecule has 74 valence electrons. The van der Waals surface area contributed by atoms with E-state index < -0.39 is 0 Å². The fraction of sp³-hybridized carbons (Fsp3) is 0.200. The van der Waals surface area contributed by atoms with Gasteiger partial charge in [0.1, 0.15) is 5.75 Å². The molecule has 0 aromatic heterocycles. The quantitative estimate of drug-likeness (QED) is 0.467. The molecule has 0 aliphatic rings. The second kappa shape index (κ2) is 6.23. The van der Waals surface area contributed by atoms with Gasteiger partial charge in [-0.15, -0.1) is 0 Å². The number of ether oxygens (including phenoxy) is 1. The van der Waals surface area contributed by atoms with Crippen LogP contribution in [0.3, 0.4) is 0 Å². The number of nitrogens with zero attached hydrogens (tertiary/aromatic N) is 1. The molecule has 4 heteroatoms. The minimum absolute atomic E-state index is 0.00512. The number of aliphatic hydroxyl groups is 1. The standard InChI is InChI=1S/C10H11NO2S/c12-7-6-10(11-8-14)13-9-4-2-1-3-5-9/h1-5,8,12H,6-7H2. The molecule has 3 nitrogen and oxygen atoms in total. The van der Waals surface area contributed by atoms with Crippen LogP contribution >= 0.6 is 12.2 Å². The second-order valence-electron chi connectivity index (χ2n) is 2.52. The Morgan fingerprint density at radius 1 is 1.43 bits per heavy atom. The highest BCUT2D eigenvalue weighted by atomic mass is 32.1. The van der Waals surface area contributed by atoms with Crippen molar-refractivity contribution in [3.05, 3.63) is 30.3 Å². The molecule has 0 fully saturated rings. The van der Waals surface area contributed by atoms with Crippen LogP contribution in [0.1, 0.15) is 6.42 Å². The van der Waals surface area contributed by atoms with Crippen molar-refractivity contribution in [3.8, 4) is 5.75 Å². The third kappa shape index (κ3) is 3.64. The van der Waals surface area contributed by atoms with E-state index in [0.29, 0.717) is 18.1 Å². The van der Waals surface area contributed by atoms with Gasteiger partial charge in [0.25, 0.3) is 0 Å². The summed E-state index contributed by atoms with van der Waals surface area (Å²) in [4.78, 5) is 3.83. The third-order valence-corrected chi connectivity index (χ3v) is 1.61. The summed E-state index contributed by atoms with van der Waals surface area (Å²) in [5.74, 6) is 1.12. The van der Waals surface area contributed by atoms with E-state index in [4.69, 9.17) is 9.84 Å². The van der Waals surface area contributed by atoms with E-state index in [2.05, 4.69) is 17.2 Å². The number of aliphatic imine (C=N–C) groups is 1. The second-order valence-corrected chi connectivity index (χ2v) is 2.73.